The van der Waals surface area contributed by atoms with Crippen LogP contribution in [0, 0.1) is 10.8 Å². The van der Waals surface area contributed by atoms with Crippen LogP contribution in [-0.4, -0.2) is 11.9 Å². The van der Waals surface area contributed by atoms with E-state index in [0.29, 0.717) is 9.34 Å². The molecule has 0 amide bonds. The summed E-state index contributed by atoms with van der Waals surface area (Å²) in [7, 11) is 0. The fourth-order valence-corrected chi connectivity index (χ4v) is 4.49. The molecule has 0 N–H and O–H groups in total. The van der Waals surface area contributed by atoms with Crippen LogP contribution < -0.4 is 4.74 Å². The number of rotatable bonds is 8. The van der Waals surface area contributed by atoms with Crippen LogP contribution in [0.2, 0.25) is 0 Å². The van der Waals surface area contributed by atoms with E-state index in [4.69, 9.17) is 9.47 Å². The summed E-state index contributed by atoms with van der Waals surface area (Å²) in [6, 6.07) is 8.56. The van der Waals surface area contributed by atoms with Gasteiger partial charge in [-0.1, -0.05) is 90.1 Å². The smallest absolute Gasteiger partial charge is 0.212 e. The van der Waals surface area contributed by atoms with Gasteiger partial charge in [0, 0.05) is 16.3 Å². The van der Waals surface area contributed by atoms with Crippen molar-refractivity contribution >= 4 is 22.6 Å². The summed E-state index contributed by atoms with van der Waals surface area (Å²) in [5.41, 5.74) is 1.55. The lowest BCUT2D eigenvalue weighted by molar-refractivity contribution is -0.254. The van der Waals surface area contributed by atoms with Crippen molar-refractivity contribution in [2.24, 2.45) is 10.8 Å². The molecule has 2 unspecified atom stereocenters. The van der Waals surface area contributed by atoms with Gasteiger partial charge in [0.05, 0.1) is 6.10 Å². The maximum absolute atomic E-state index is 6.42. The van der Waals surface area contributed by atoms with E-state index >= 15 is 0 Å². The molecule has 0 aliphatic carbocycles. The van der Waals surface area contributed by atoms with Crippen LogP contribution in [0.3, 0.4) is 0 Å². The third-order valence-electron chi connectivity index (χ3n) is 5.01. The van der Waals surface area contributed by atoms with Crippen molar-refractivity contribution in [3.05, 3.63) is 29.8 Å². The van der Waals surface area contributed by atoms with Crippen LogP contribution in [0.4, 0.5) is 0 Å². The summed E-state index contributed by atoms with van der Waals surface area (Å²) >= 11 is 2.55. The third kappa shape index (κ3) is 7.03. The number of alkyl halides is 1. The lowest BCUT2D eigenvalue weighted by Crippen LogP contribution is -2.50. The molecule has 0 heterocycles. The molecule has 0 radical (unpaired) electrons. The highest BCUT2D eigenvalue weighted by atomic mass is 127. The fourth-order valence-electron chi connectivity index (χ4n) is 2.75. The molecule has 0 bridgehead atoms. The van der Waals surface area contributed by atoms with E-state index in [1.165, 1.54) is 5.56 Å². The van der Waals surface area contributed by atoms with E-state index in [1.807, 2.05) is 0 Å². The Morgan fingerprint density at radius 2 is 1.38 bits per heavy atom. The minimum Gasteiger partial charge on any atom is -0.462 e. The zero-order valence-electron chi connectivity index (χ0n) is 18.3. The molecule has 0 aliphatic heterocycles. The third-order valence-corrected chi connectivity index (χ3v) is 6.17. The van der Waals surface area contributed by atoms with Gasteiger partial charge < -0.3 is 9.47 Å². The molecule has 0 fully saturated rings. The molecule has 2 nitrogen and oxygen atoms in total. The first-order valence-corrected chi connectivity index (χ1v) is 11.2. The molecular formula is C23H39IO2. The normalized spacial score (nSPS) is 16.4. The molecule has 3 heteroatoms. The average molecular weight is 474 g/mol. The number of hydrogen-bond donors (Lipinski definition) is 0. The fraction of sp³-hybridized carbons (Fsp3) is 0.739. The lowest BCUT2D eigenvalue weighted by Gasteiger charge is -2.43. The lowest BCUT2D eigenvalue weighted by atomic mass is 9.86. The van der Waals surface area contributed by atoms with E-state index in [-0.39, 0.29) is 11.5 Å². The molecule has 1 aromatic rings. The average Bonchev–Trinajstić information content (AvgIpc) is 2.50. The second kappa shape index (κ2) is 9.27. The summed E-state index contributed by atoms with van der Waals surface area (Å²) in [6.45, 7) is 19.8. The Labute approximate surface area is 175 Å². The molecule has 2 atom stereocenters. The monoisotopic (exact) mass is 474 g/mol. The molecule has 0 aromatic heterocycles. The summed E-state index contributed by atoms with van der Waals surface area (Å²) in [4.78, 5) is 0. The van der Waals surface area contributed by atoms with Gasteiger partial charge in [-0.2, -0.15) is 0 Å². The number of halogens is 1. The van der Waals surface area contributed by atoms with Crippen molar-refractivity contribution in [1.29, 1.82) is 0 Å². The topological polar surface area (TPSA) is 18.5 Å². The van der Waals surface area contributed by atoms with Gasteiger partial charge in [-0.25, -0.2) is 0 Å². The van der Waals surface area contributed by atoms with Gasteiger partial charge in [-0.3, -0.25) is 0 Å². The molecule has 1 aromatic carbocycles. The summed E-state index contributed by atoms with van der Waals surface area (Å²) < 4.78 is 13.3. The Morgan fingerprint density at radius 3 is 1.77 bits per heavy atom. The molecule has 150 valence electrons. The molecular weight excluding hydrogens is 435 g/mol. The van der Waals surface area contributed by atoms with Crippen molar-refractivity contribution in [3.63, 3.8) is 0 Å². The van der Waals surface area contributed by atoms with Gasteiger partial charge >= 0.3 is 0 Å². The van der Waals surface area contributed by atoms with Gasteiger partial charge in [-0.05, 0) is 42.4 Å². The summed E-state index contributed by atoms with van der Waals surface area (Å²) in [5.74, 6) is 0.205. The predicted octanol–water partition coefficient (Wildman–Crippen LogP) is 7.95. The highest BCUT2D eigenvalue weighted by Gasteiger charge is 2.42. The molecule has 0 saturated heterocycles. The second-order valence-electron chi connectivity index (χ2n) is 9.66. The SMILES string of the molecule is CCC(CC)OC(C)(Oc1ccc(C(I)CC(C)(C)C)cc1)C(C)(C)C. The van der Waals surface area contributed by atoms with Crippen LogP contribution in [0.15, 0.2) is 24.3 Å². The predicted molar refractivity (Wildman–Crippen MR) is 121 cm³/mol. The van der Waals surface area contributed by atoms with Crippen LogP contribution >= 0.6 is 22.6 Å². The molecule has 26 heavy (non-hydrogen) atoms. The Kier molecular flexibility index (Phi) is 8.47. The van der Waals surface area contributed by atoms with Crippen LogP contribution in [0.25, 0.3) is 0 Å². The van der Waals surface area contributed by atoms with Crippen molar-refractivity contribution in [2.45, 2.75) is 97.4 Å². The highest BCUT2D eigenvalue weighted by molar-refractivity contribution is 14.1. The Hall–Kier alpha value is -0.290. The van der Waals surface area contributed by atoms with E-state index in [9.17, 15) is 0 Å². The Morgan fingerprint density at radius 1 is 0.885 bits per heavy atom. The summed E-state index contributed by atoms with van der Waals surface area (Å²) in [6.07, 6.45) is 3.36. The maximum Gasteiger partial charge on any atom is 0.212 e. The molecule has 1 rings (SSSR count). The summed E-state index contributed by atoms with van der Waals surface area (Å²) in [5, 5.41) is 0. The maximum atomic E-state index is 6.42. The minimum atomic E-state index is -0.666. The van der Waals surface area contributed by atoms with Gasteiger partial charge in [0.25, 0.3) is 0 Å². The van der Waals surface area contributed by atoms with Gasteiger partial charge in [0.2, 0.25) is 5.79 Å². The van der Waals surface area contributed by atoms with Crippen LogP contribution in [0.1, 0.15) is 91.1 Å². The highest BCUT2D eigenvalue weighted by Crippen LogP contribution is 2.39. The van der Waals surface area contributed by atoms with Gasteiger partial charge in [0.1, 0.15) is 5.75 Å². The first-order valence-electron chi connectivity index (χ1n) is 9.92. The van der Waals surface area contributed by atoms with E-state index in [1.54, 1.807) is 0 Å². The first kappa shape index (κ1) is 23.7. The van der Waals surface area contributed by atoms with Crippen molar-refractivity contribution in [2.75, 3.05) is 0 Å². The largest absolute Gasteiger partial charge is 0.462 e. The molecule has 0 saturated carbocycles. The van der Waals surface area contributed by atoms with Gasteiger partial charge in [-0.15, -0.1) is 0 Å². The van der Waals surface area contributed by atoms with E-state index in [2.05, 4.69) is 109 Å². The van der Waals surface area contributed by atoms with Crippen LogP contribution in [0.5, 0.6) is 5.75 Å². The molecule has 0 spiro atoms. The van der Waals surface area contributed by atoms with Gasteiger partial charge in [0.15, 0.2) is 0 Å². The number of hydrogen-bond acceptors (Lipinski definition) is 2. The van der Waals surface area contributed by atoms with Crippen molar-refractivity contribution in [1.82, 2.24) is 0 Å². The number of benzene rings is 1. The van der Waals surface area contributed by atoms with E-state index < -0.39 is 5.79 Å². The standard InChI is InChI=1S/C23H39IO2/c1-10-18(11-2)25-23(9,22(6,7)8)26-19-14-12-17(13-15-19)20(24)16-21(3,4)5/h12-15,18,20H,10-11,16H2,1-9H3. The minimum absolute atomic E-state index is 0.133. The zero-order chi connectivity index (χ0) is 20.2. The first-order chi connectivity index (χ1) is 11.8. The Balaban J connectivity index is 2.96. The van der Waals surface area contributed by atoms with E-state index in [0.717, 1.165) is 25.0 Å². The van der Waals surface area contributed by atoms with Crippen molar-refractivity contribution in [3.8, 4) is 5.75 Å². The van der Waals surface area contributed by atoms with Crippen LogP contribution in [-0.2, 0) is 4.74 Å². The zero-order valence-corrected chi connectivity index (χ0v) is 20.4. The van der Waals surface area contributed by atoms with Crippen molar-refractivity contribution < 1.29 is 9.47 Å². The quantitative estimate of drug-likeness (QED) is 0.216. The molecule has 0 aliphatic rings. The Bertz CT molecular complexity index is 535. The number of ether oxygens (including phenoxy) is 2. The second-order valence-corrected chi connectivity index (χ2v) is 11.2.